The zero-order chi connectivity index (χ0) is 14.4. The summed E-state index contributed by atoms with van der Waals surface area (Å²) in [6.07, 6.45) is 2.09. The lowest BCUT2D eigenvalue weighted by Crippen LogP contribution is -2.67. The highest BCUT2D eigenvalue weighted by Gasteiger charge is 2.53. The summed E-state index contributed by atoms with van der Waals surface area (Å²) in [5.41, 5.74) is -0.639. The Kier molecular flexibility index (Phi) is 3.40. The Labute approximate surface area is 115 Å². The monoisotopic (exact) mass is 266 g/mol. The summed E-state index contributed by atoms with van der Waals surface area (Å²) < 4.78 is 0. The van der Waals surface area contributed by atoms with Gasteiger partial charge in [-0.05, 0) is 37.0 Å². The highest BCUT2D eigenvalue weighted by molar-refractivity contribution is 5.98. The molecule has 0 aromatic heterocycles. The van der Waals surface area contributed by atoms with Crippen molar-refractivity contribution in [2.75, 3.05) is 13.1 Å². The lowest BCUT2D eigenvalue weighted by Gasteiger charge is -2.44. The molecule has 0 bridgehead atoms. The van der Waals surface area contributed by atoms with Gasteiger partial charge in [0, 0.05) is 6.54 Å². The summed E-state index contributed by atoms with van der Waals surface area (Å²) in [6, 6.07) is 0. The molecule has 1 aliphatic heterocycles. The predicted molar refractivity (Wildman–Crippen MR) is 74.5 cm³/mol. The summed E-state index contributed by atoms with van der Waals surface area (Å²) in [6.45, 7) is 11.4. The largest absolute Gasteiger partial charge is 0.340 e. The topological polar surface area (TPSA) is 49.4 Å². The molecule has 1 saturated carbocycles. The number of hydrogen-bond donors (Lipinski definition) is 1. The van der Waals surface area contributed by atoms with Gasteiger partial charge in [-0.2, -0.15) is 0 Å². The van der Waals surface area contributed by atoms with E-state index in [0.717, 1.165) is 12.8 Å². The first kappa shape index (κ1) is 14.4. The molecule has 1 aliphatic carbocycles. The van der Waals surface area contributed by atoms with Crippen LogP contribution < -0.4 is 5.32 Å². The molecular formula is C15H26N2O2. The SMILES string of the molecule is CC(C)C(C)(C)CN1CC(=O)NC(C)(C2CC2)C1=O. The van der Waals surface area contributed by atoms with Crippen LogP contribution in [0.1, 0.15) is 47.5 Å². The second kappa shape index (κ2) is 4.50. The molecule has 19 heavy (non-hydrogen) atoms. The van der Waals surface area contributed by atoms with Gasteiger partial charge < -0.3 is 10.2 Å². The normalized spacial score (nSPS) is 28.8. The number of carbonyl (C=O) groups is 2. The molecule has 1 unspecified atom stereocenters. The Morgan fingerprint density at radius 2 is 1.95 bits per heavy atom. The highest BCUT2D eigenvalue weighted by atomic mass is 16.2. The Bertz CT molecular complexity index is 399. The van der Waals surface area contributed by atoms with Crippen molar-refractivity contribution in [1.82, 2.24) is 10.2 Å². The van der Waals surface area contributed by atoms with Gasteiger partial charge in [-0.1, -0.05) is 27.7 Å². The van der Waals surface area contributed by atoms with E-state index in [4.69, 9.17) is 0 Å². The standard InChI is InChI=1S/C15H26N2O2/c1-10(2)14(3,4)9-17-8-12(18)16-15(5,13(17)19)11-6-7-11/h10-11H,6-9H2,1-5H3,(H,16,18). The summed E-state index contributed by atoms with van der Waals surface area (Å²) in [5, 5.41) is 2.92. The Balaban J connectivity index is 2.16. The molecule has 2 rings (SSSR count). The van der Waals surface area contributed by atoms with Crippen molar-refractivity contribution in [3.8, 4) is 0 Å². The first-order valence-electron chi connectivity index (χ1n) is 7.27. The summed E-state index contributed by atoms with van der Waals surface area (Å²) in [7, 11) is 0. The molecular weight excluding hydrogens is 240 g/mol. The number of carbonyl (C=O) groups excluding carboxylic acids is 2. The smallest absolute Gasteiger partial charge is 0.248 e. The van der Waals surface area contributed by atoms with E-state index in [1.807, 2.05) is 6.92 Å². The van der Waals surface area contributed by atoms with Gasteiger partial charge in [0.1, 0.15) is 5.54 Å². The maximum Gasteiger partial charge on any atom is 0.248 e. The zero-order valence-corrected chi connectivity index (χ0v) is 12.7. The van der Waals surface area contributed by atoms with E-state index < -0.39 is 5.54 Å². The zero-order valence-electron chi connectivity index (χ0n) is 12.7. The third-order valence-electron chi connectivity index (χ3n) is 5.02. The maximum atomic E-state index is 12.7. The van der Waals surface area contributed by atoms with Crippen LogP contribution in [0.15, 0.2) is 0 Å². The van der Waals surface area contributed by atoms with Gasteiger partial charge in [0.05, 0.1) is 6.54 Å². The van der Waals surface area contributed by atoms with Crippen LogP contribution >= 0.6 is 0 Å². The van der Waals surface area contributed by atoms with E-state index in [-0.39, 0.29) is 23.8 Å². The van der Waals surface area contributed by atoms with Gasteiger partial charge in [0.15, 0.2) is 0 Å². The van der Waals surface area contributed by atoms with Crippen molar-refractivity contribution in [2.24, 2.45) is 17.3 Å². The third kappa shape index (κ3) is 2.63. The van der Waals surface area contributed by atoms with Crippen LogP contribution in [0, 0.1) is 17.3 Å². The molecule has 0 aromatic rings. The predicted octanol–water partition coefficient (Wildman–Crippen LogP) is 1.80. The fourth-order valence-corrected chi connectivity index (χ4v) is 2.70. The molecule has 1 atom stereocenters. The number of piperazine rings is 1. The van der Waals surface area contributed by atoms with Crippen LogP contribution in [0.2, 0.25) is 0 Å². The number of nitrogens with zero attached hydrogens (tertiary/aromatic N) is 1. The van der Waals surface area contributed by atoms with Crippen LogP contribution in [0.4, 0.5) is 0 Å². The molecule has 1 heterocycles. The molecule has 0 spiro atoms. The van der Waals surface area contributed by atoms with Crippen molar-refractivity contribution < 1.29 is 9.59 Å². The molecule has 0 aromatic carbocycles. The van der Waals surface area contributed by atoms with Crippen LogP contribution in [-0.2, 0) is 9.59 Å². The van der Waals surface area contributed by atoms with E-state index in [2.05, 4.69) is 33.0 Å². The first-order valence-corrected chi connectivity index (χ1v) is 7.27. The molecule has 1 saturated heterocycles. The van der Waals surface area contributed by atoms with Gasteiger partial charge >= 0.3 is 0 Å². The Hall–Kier alpha value is -1.06. The van der Waals surface area contributed by atoms with Gasteiger partial charge in [-0.25, -0.2) is 0 Å². The van der Waals surface area contributed by atoms with Gasteiger partial charge in [0.25, 0.3) is 0 Å². The molecule has 4 nitrogen and oxygen atoms in total. The van der Waals surface area contributed by atoms with Crippen LogP contribution in [0.25, 0.3) is 0 Å². The Morgan fingerprint density at radius 1 is 1.37 bits per heavy atom. The van der Waals surface area contributed by atoms with E-state index in [1.54, 1.807) is 4.90 Å². The second-order valence-electron chi connectivity index (χ2n) is 7.33. The first-order chi connectivity index (χ1) is 8.67. The van der Waals surface area contributed by atoms with Gasteiger partial charge in [0.2, 0.25) is 11.8 Å². The number of hydrogen-bond acceptors (Lipinski definition) is 2. The van der Waals surface area contributed by atoms with Crippen molar-refractivity contribution in [3.05, 3.63) is 0 Å². The molecule has 2 amide bonds. The summed E-state index contributed by atoms with van der Waals surface area (Å²) in [5.74, 6) is 0.878. The van der Waals surface area contributed by atoms with Crippen molar-refractivity contribution >= 4 is 11.8 Å². The number of rotatable bonds is 4. The minimum absolute atomic E-state index is 0.0199. The average molecular weight is 266 g/mol. The Morgan fingerprint density at radius 3 is 2.42 bits per heavy atom. The van der Waals surface area contributed by atoms with Crippen molar-refractivity contribution in [3.63, 3.8) is 0 Å². The maximum absolute atomic E-state index is 12.7. The van der Waals surface area contributed by atoms with E-state index in [1.165, 1.54) is 0 Å². The fourth-order valence-electron chi connectivity index (χ4n) is 2.70. The third-order valence-corrected chi connectivity index (χ3v) is 5.02. The number of nitrogens with one attached hydrogen (secondary N) is 1. The fraction of sp³-hybridized carbons (Fsp3) is 0.867. The molecule has 0 radical (unpaired) electrons. The van der Waals surface area contributed by atoms with Crippen LogP contribution in [-0.4, -0.2) is 35.3 Å². The minimum Gasteiger partial charge on any atom is -0.340 e. The minimum atomic E-state index is -0.664. The lowest BCUT2D eigenvalue weighted by molar-refractivity contribution is -0.152. The second-order valence-corrected chi connectivity index (χ2v) is 7.33. The molecule has 2 aliphatic rings. The van der Waals surface area contributed by atoms with E-state index in [9.17, 15) is 9.59 Å². The lowest BCUT2D eigenvalue weighted by atomic mass is 9.80. The van der Waals surface area contributed by atoms with Crippen LogP contribution in [0.5, 0.6) is 0 Å². The molecule has 108 valence electrons. The van der Waals surface area contributed by atoms with Crippen LogP contribution in [0.3, 0.4) is 0 Å². The average Bonchev–Trinajstić information content (AvgIpc) is 3.08. The van der Waals surface area contributed by atoms with E-state index in [0.29, 0.717) is 18.4 Å². The number of amides is 2. The van der Waals surface area contributed by atoms with Gasteiger partial charge in [-0.15, -0.1) is 0 Å². The van der Waals surface area contributed by atoms with Gasteiger partial charge in [-0.3, -0.25) is 9.59 Å². The summed E-state index contributed by atoms with van der Waals surface area (Å²) >= 11 is 0. The summed E-state index contributed by atoms with van der Waals surface area (Å²) in [4.78, 5) is 26.4. The quantitative estimate of drug-likeness (QED) is 0.843. The molecule has 4 heteroatoms. The van der Waals surface area contributed by atoms with E-state index >= 15 is 0 Å². The molecule has 2 fully saturated rings. The molecule has 1 N–H and O–H groups in total. The van der Waals surface area contributed by atoms with Crippen molar-refractivity contribution in [1.29, 1.82) is 0 Å². The highest BCUT2D eigenvalue weighted by Crippen LogP contribution is 2.42. The van der Waals surface area contributed by atoms with Crippen molar-refractivity contribution in [2.45, 2.75) is 53.0 Å².